The predicted molar refractivity (Wildman–Crippen MR) is 102 cm³/mol. The molecule has 8 heteroatoms. The second kappa shape index (κ2) is 7.61. The van der Waals surface area contributed by atoms with E-state index in [4.69, 9.17) is 0 Å². The van der Waals surface area contributed by atoms with Gasteiger partial charge >= 0.3 is 6.03 Å². The Hall–Kier alpha value is -3.16. The van der Waals surface area contributed by atoms with Crippen LogP contribution < -0.4 is 10.6 Å². The molecule has 140 valence electrons. The fourth-order valence-electron chi connectivity index (χ4n) is 3.63. The Morgan fingerprint density at radius 3 is 2.96 bits per heavy atom. The minimum absolute atomic E-state index is 0.233. The first-order valence-electron chi connectivity index (χ1n) is 9.26. The van der Waals surface area contributed by atoms with Crippen LogP contribution in [-0.2, 0) is 0 Å². The van der Waals surface area contributed by atoms with Crippen LogP contribution in [0.2, 0.25) is 0 Å². The topological polar surface area (TPSA) is 101 Å². The van der Waals surface area contributed by atoms with Gasteiger partial charge in [-0.2, -0.15) is 0 Å². The van der Waals surface area contributed by atoms with Crippen molar-refractivity contribution in [3.63, 3.8) is 0 Å². The second-order valence-electron chi connectivity index (χ2n) is 6.90. The Bertz CT molecular complexity index is 896. The van der Waals surface area contributed by atoms with Crippen LogP contribution in [-0.4, -0.2) is 30.8 Å². The minimum Gasteiger partial charge on any atom is -0.345 e. The van der Waals surface area contributed by atoms with E-state index in [2.05, 4.69) is 35.4 Å². The van der Waals surface area contributed by atoms with E-state index in [1.54, 1.807) is 18.9 Å². The van der Waals surface area contributed by atoms with E-state index in [0.717, 1.165) is 29.9 Å². The number of nitrogens with one attached hydrogen (secondary N) is 3. The van der Waals surface area contributed by atoms with Gasteiger partial charge in [0, 0.05) is 17.3 Å². The van der Waals surface area contributed by atoms with Crippen LogP contribution in [0.3, 0.4) is 0 Å². The summed E-state index contributed by atoms with van der Waals surface area (Å²) in [6.07, 6.45) is 9.90. The lowest BCUT2D eigenvalue weighted by molar-refractivity contribution is 0.248. The number of amides is 2. The molecule has 0 aliphatic heterocycles. The lowest BCUT2D eigenvalue weighted by Crippen LogP contribution is -2.33. The zero-order valence-corrected chi connectivity index (χ0v) is 15.2. The number of benzene rings is 1. The van der Waals surface area contributed by atoms with Crippen molar-refractivity contribution in [1.82, 2.24) is 30.0 Å². The third-order valence-electron chi connectivity index (χ3n) is 4.98. The smallest absolute Gasteiger partial charge is 0.319 e. The van der Waals surface area contributed by atoms with Gasteiger partial charge in [-0.1, -0.05) is 25.0 Å². The third kappa shape index (κ3) is 3.84. The summed E-state index contributed by atoms with van der Waals surface area (Å²) < 4.78 is 2.11. The average Bonchev–Trinajstić information content (AvgIpc) is 3.43. The molecular weight excluding hydrogens is 342 g/mol. The lowest BCUT2D eigenvalue weighted by Gasteiger charge is -2.19. The van der Waals surface area contributed by atoms with Crippen molar-refractivity contribution in [1.29, 1.82) is 0 Å². The molecule has 3 N–H and O–H groups in total. The summed E-state index contributed by atoms with van der Waals surface area (Å²) in [7, 11) is 0. The van der Waals surface area contributed by atoms with Crippen LogP contribution >= 0.6 is 0 Å². The van der Waals surface area contributed by atoms with Crippen LogP contribution in [0.5, 0.6) is 0 Å². The van der Waals surface area contributed by atoms with Crippen molar-refractivity contribution < 1.29 is 4.79 Å². The highest BCUT2D eigenvalue weighted by molar-refractivity contribution is 5.90. The molecule has 1 fully saturated rings. The molecule has 2 heterocycles. The van der Waals surface area contributed by atoms with E-state index < -0.39 is 0 Å². The largest absolute Gasteiger partial charge is 0.345 e. The maximum absolute atomic E-state index is 12.4. The number of hydrogen-bond donors (Lipinski definition) is 3. The molecule has 4 rings (SSSR count). The quantitative estimate of drug-likeness (QED) is 0.642. The summed E-state index contributed by atoms with van der Waals surface area (Å²) in [6, 6.07) is 7.54. The zero-order valence-electron chi connectivity index (χ0n) is 15.2. The first-order valence-corrected chi connectivity index (χ1v) is 9.26. The lowest BCUT2D eigenvalue weighted by atomic mass is 10.1. The summed E-state index contributed by atoms with van der Waals surface area (Å²) in [4.78, 5) is 19.5. The van der Waals surface area contributed by atoms with Gasteiger partial charge in [-0.3, -0.25) is 0 Å². The first-order chi connectivity index (χ1) is 13.2. The van der Waals surface area contributed by atoms with Crippen molar-refractivity contribution in [2.24, 2.45) is 0 Å². The Morgan fingerprint density at radius 1 is 1.33 bits per heavy atom. The molecule has 0 radical (unpaired) electrons. The molecule has 1 aromatic carbocycles. The molecule has 1 atom stereocenters. The molecule has 2 amide bonds. The van der Waals surface area contributed by atoms with Crippen LogP contribution in [0.25, 0.3) is 11.3 Å². The monoisotopic (exact) mass is 365 g/mol. The highest BCUT2D eigenvalue weighted by Gasteiger charge is 2.23. The highest BCUT2D eigenvalue weighted by atomic mass is 16.2. The fraction of sp³-hybridized carbons (Fsp3) is 0.368. The molecule has 0 spiro atoms. The molecule has 3 aromatic rings. The number of H-pyrrole nitrogens is 1. The molecule has 1 saturated carbocycles. The SMILES string of the molecule is CC(NC(=O)Nc1cccc(-c2cnc[nH]2)c1)c1nncn1C1CCCC1. The second-order valence-corrected chi connectivity index (χ2v) is 6.90. The highest BCUT2D eigenvalue weighted by Crippen LogP contribution is 2.31. The average molecular weight is 365 g/mol. The van der Waals surface area contributed by atoms with Gasteiger partial charge in [-0.05, 0) is 31.9 Å². The number of carbonyl (C=O) groups is 1. The maximum atomic E-state index is 12.4. The molecule has 0 saturated heterocycles. The minimum atomic E-state index is -0.273. The van der Waals surface area contributed by atoms with Gasteiger partial charge in [0.1, 0.15) is 6.33 Å². The van der Waals surface area contributed by atoms with E-state index in [1.165, 1.54) is 12.8 Å². The number of aromatic amines is 1. The van der Waals surface area contributed by atoms with E-state index in [0.29, 0.717) is 11.7 Å². The number of hydrogen-bond acceptors (Lipinski definition) is 4. The van der Waals surface area contributed by atoms with Gasteiger partial charge in [-0.25, -0.2) is 9.78 Å². The van der Waals surface area contributed by atoms with E-state index in [9.17, 15) is 4.79 Å². The third-order valence-corrected chi connectivity index (χ3v) is 4.98. The first kappa shape index (κ1) is 17.3. The van der Waals surface area contributed by atoms with E-state index >= 15 is 0 Å². The van der Waals surface area contributed by atoms with E-state index in [1.807, 2.05) is 31.2 Å². The molecule has 27 heavy (non-hydrogen) atoms. The Morgan fingerprint density at radius 2 is 2.19 bits per heavy atom. The standard InChI is InChI=1S/C19H23N7O/c1-13(18-25-22-12-26(18)16-7-2-3-8-16)23-19(27)24-15-6-4-5-14(9-15)17-10-20-11-21-17/h4-6,9-13,16H,2-3,7-8H2,1H3,(H,20,21)(H2,23,24,27). The number of carbonyl (C=O) groups excluding carboxylic acids is 1. The van der Waals surface area contributed by atoms with Crippen molar-refractivity contribution in [2.75, 3.05) is 5.32 Å². The molecule has 8 nitrogen and oxygen atoms in total. The molecule has 1 unspecified atom stereocenters. The van der Waals surface area contributed by atoms with Gasteiger partial charge in [-0.15, -0.1) is 10.2 Å². The van der Waals surface area contributed by atoms with Gasteiger partial charge in [0.2, 0.25) is 0 Å². The number of aromatic nitrogens is 5. The zero-order chi connectivity index (χ0) is 18.6. The van der Waals surface area contributed by atoms with Crippen LogP contribution in [0.4, 0.5) is 10.5 Å². The molecular formula is C19H23N7O. The Balaban J connectivity index is 1.41. The predicted octanol–water partition coefficient (Wildman–Crippen LogP) is 3.67. The Kier molecular flexibility index (Phi) is 4.86. The van der Waals surface area contributed by atoms with Crippen LogP contribution in [0, 0.1) is 0 Å². The molecule has 1 aliphatic carbocycles. The van der Waals surface area contributed by atoms with Gasteiger partial charge in [0.05, 0.1) is 24.3 Å². The van der Waals surface area contributed by atoms with Crippen LogP contribution in [0.1, 0.15) is 50.5 Å². The fourth-order valence-corrected chi connectivity index (χ4v) is 3.63. The Labute approximate surface area is 157 Å². The van der Waals surface area contributed by atoms with Crippen molar-refractivity contribution in [3.8, 4) is 11.3 Å². The number of nitrogens with zero attached hydrogens (tertiary/aromatic N) is 4. The summed E-state index contributed by atoms with van der Waals surface area (Å²) >= 11 is 0. The van der Waals surface area contributed by atoms with Crippen LogP contribution in [0.15, 0.2) is 43.1 Å². The van der Waals surface area contributed by atoms with Gasteiger partial charge in [0.15, 0.2) is 5.82 Å². The number of imidazole rings is 1. The van der Waals surface area contributed by atoms with Gasteiger partial charge in [0.25, 0.3) is 0 Å². The molecule has 1 aliphatic rings. The number of anilines is 1. The number of rotatable bonds is 5. The summed E-state index contributed by atoms with van der Waals surface area (Å²) in [5.74, 6) is 0.795. The molecule has 0 bridgehead atoms. The normalized spacial score (nSPS) is 15.6. The molecule has 2 aromatic heterocycles. The number of urea groups is 1. The summed E-state index contributed by atoms with van der Waals surface area (Å²) in [5.41, 5.74) is 2.57. The van der Waals surface area contributed by atoms with Crippen molar-refractivity contribution in [3.05, 3.63) is 48.9 Å². The summed E-state index contributed by atoms with van der Waals surface area (Å²) in [6.45, 7) is 1.93. The van der Waals surface area contributed by atoms with Crippen molar-refractivity contribution >= 4 is 11.7 Å². The van der Waals surface area contributed by atoms with E-state index in [-0.39, 0.29) is 12.1 Å². The summed E-state index contributed by atoms with van der Waals surface area (Å²) in [5, 5.41) is 14.1. The van der Waals surface area contributed by atoms with Gasteiger partial charge < -0.3 is 20.2 Å². The van der Waals surface area contributed by atoms with Crippen molar-refractivity contribution in [2.45, 2.75) is 44.7 Å². The maximum Gasteiger partial charge on any atom is 0.319 e.